The van der Waals surface area contributed by atoms with Gasteiger partial charge >= 0.3 is 17.8 Å². The van der Waals surface area contributed by atoms with Gasteiger partial charge in [-0.05, 0) is 18.6 Å². The van der Waals surface area contributed by atoms with Gasteiger partial charge in [0.15, 0.2) is 0 Å². The van der Waals surface area contributed by atoms with Crippen molar-refractivity contribution in [2.45, 2.75) is 19.8 Å². The SMILES string of the molecule is CCCCN1C(=O)C(=O)N(c2ccccc2F)C1=O. The number of amides is 4. The summed E-state index contributed by atoms with van der Waals surface area (Å²) >= 11 is 0. The van der Waals surface area contributed by atoms with Crippen molar-refractivity contribution in [3.8, 4) is 0 Å². The molecule has 1 aliphatic heterocycles. The second-order valence-electron chi connectivity index (χ2n) is 4.18. The van der Waals surface area contributed by atoms with Crippen molar-refractivity contribution in [3.63, 3.8) is 0 Å². The third kappa shape index (κ3) is 2.21. The highest BCUT2D eigenvalue weighted by molar-refractivity contribution is 6.52. The Morgan fingerprint density at radius 1 is 1.11 bits per heavy atom. The predicted octanol–water partition coefficient (Wildman–Crippen LogP) is 1.92. The van der Waals surface area contributed by atoms with Gasteiger partial charge in [-0.25, -0.2) is 14.1 Å². The number of para-hydroxylation sites is 1. The van der Waals surface area contributed by atoms with Crippen LogP contribution in [-0.4, -0.2) is 29.3 Å². The van der Waals surface area contributed by atoms with Crippen LogP contribution < -0.4 is 4.90 Å². The van der Waals surface area contributed by atoms with Gasteiger partial charge in [-0.1, -0.05) is 25.5 Å². The first kappa shape index (κ1) is 13.2. The molecule has 0 atom stereocenters. The number of urea groups is 1. The Kier molecular flexibility index (Phi) is 3.59. The molecule has 6 heteroatoms. The number of nitrogens with zero attached hydrogens (tertiary/aromatic N) is 2. The number of rotatable bonds is 4. The van der Waals surface area contributed by atoms with Gasteiger partial charge in [0.05, 0.1) is 5.69 Å². The van der Waals surface area contributed by atoms with Crippen LogP contribution in [0.3, 0.4) is 0 Å². The average Bonchev–Trinajstić information content (AvgIpc) is 2.60. The maximum atomic E-state index is 13.6. The Hall–Kier alpha value is -2.24. The maximum absolute atomic E-state index is 13.6. The lowest BCUT2D eigenvalue weighted by Crippen LogP contribution is -2.34. The van der Waals surface area contributed by atoms with Gasteiger partial charge in [0.2, 0.25) is 0 Å². The van der Waals surface area contributed by atoms with Crippen LogP contribution in [0.25, 0.3) is 0 Å². The molecule has 19 heavy (non-hydrogen) atoms. The summed E-state index contributed by atoms with van der Waals surface area (Å²) in [5.41, 5.74) is -0.190. The Labute approximate surface area is 109 Å². The van der Waals surface area contributed by atoms with Crippen LogP contribution in [0.5, 0.6) is 0 Å². The first-order valence-electron chi connectivity index (χ1n) is 6.02. The topological polar surface area (TPSA) is 57.7 Å². The smallest absolute Gasteiger partial charge is 0.263 e. The molecule has 5 nitrogen and oxygen atoms in total. The second-order valence-corrected chi connectivity index (χ2v) is 4.18. The minimum absolute atomic E-state index is 0.171. The standard InChI is InChI=1S/C13H13FN2O3/c1-2-3-8-15-11(17)12(18)16(13(15)19)10-7-5-4-6-9(10)14/h4-7H,2-3,8H2,1H3. The van der Waals surface area contributed by atoms with Gasteiger partial charge in [-0.3, -0.25) is 14.5 Å². The maximum Gasteiger partial charge on any atom is 0.338 e. The van der Waals surface area contributed by atoms with Gasteiger partial charge in [-0.15, -0.1) is 0 Å². The zero-order valence-electron chi connectivity index (χ0n) is 10.4. The first-order valence-corrected chi connectivity index (χ1v) is 6.02. The normalized spacial score (nSPS) is 15.6. The minimum Gasteiger partial charge on any atom is -0.263 e. The Morgan fingerprint density at radius 3 is 2.42 bits per heavy atom. The molecule has 0 radical (unpaired) electrons. The molecule has 2 rings (SSSR count). The molecular formula is C13H13FN2O3. The zero-order valence-corrected chi connectivity index (χ0v) is 10.4. The van der Waals surface area contributed by atoms with Crippen molar-refractivity contribution in [3.05, 3.63) is 30.1 Å². The highest BCUT2D eigenvalue weighted by atomic mass is 19.1. The number of benzene rings is 1. The van der Waals surface area contributed by atoms with E-state index in [1.54, 1.807) is 0 Å². The molecule has 0 aromatic heterocycles. The fraction of sp³-hybridized carbons (Fsp3) is 0.308. The van der Waals surface area contributed by atoms with Crippen molar-refractivity contribution < 1.29 is 18.8 Å². The number of hydrogen-bond donors (Lipinski definition) is 0. The molecule has 4 amide bonds. The Bertz CT molecular complexity index is 544. The van der Waals surface area contributed by atoms with E-state index in [1.807, 2.05) is 6.92 Å². The van der Waals surface area contributed by atoms with Gasteiger partial charge in [0, 0.05) is 6.54 Å². The van der Waals surface area contributed by atoms with Crippen molar-refractivity contribution in [2.24, 2.45) is 0 Å². The summed E-state index contributed by atoms with van der Waals surface area (Å²) in [7, 11) is 0. The van der Waals surface area contributed by atoms with E-state index in [4.69, 9.17) is 0 Å². The molecular weight excluding hydrogens is 251 g/mol. The number of carbonyl (C=O) groups excluding carboxylic acids is 3. The molecule has 1 aromatic carbocycles. The van der Waals surface area contributed by atoms with Crippen molar-refractivity contribution in [1.82, 2.24) is 4.90 Å². The van der Waals surface area contributed by atoms with Crippen LogP contribution in [0.1, 0.15) is 19.8 Å². The quantitative estimate of drug-likeness (QED) is 0.616. The number of hydrogen-bond acceptors (Lipinski definition) is 3. The largest absolute Gasteiger partial charge is 0.338 e. The predicted molar refractivity (Wildman–Crippen MR) is 65.9 cm³/mol. The molecule has 0 spiro atoms. The van der Waals surface area contributed by atoms with Crippen LogP contribution in [0.4, 0.5) is 14.9 Å². The van der Waals surface area contributed by atoms with Crippen LogP contribution in [0, 0.1) is 5.82 Å². The van der Waals surface area contributed by atoms with E-state index >= 15 is 0 Å². The zero-order chi connectivity index (χ0) is 14.0. The summed E-state index contributed by atoms with van der Waals surface area (Å²) in [6.45, 7) is 2.08. The molecule has 1 saturated heterocycles. The molecule has 0 unspecified atom stereocenters. The van der Waals surface area contributed by atoms with Crippen LogP contribution >= 0.6 is 0 Å². The van der Waals surface area contributed by atoms with Gasteiger partial charge in [0.1, 0.15) is 5.82 Å². The summed E-state index contributed by atoms with van der Waals surface area (Å²) in [5, 5.41) is 0. The lowest BCUT2D eigenvalue weighted by atomic mass is 10.3. The van der Waals surface area contributed by atoms with Crippen LogP contribution in [0.2, 0.25) is 0 Å². The number of anilines is 1. The van der Waals surface area contributed by atoms with Crippen molar-refractivity contribution in [1.29, 1.82) is 0 Å². The summed E-state index contributed by atoms with van der Waals surface area (Å²) in [4.78, 5) is 37.0. The molecule has 1 heterocycles. The Morgan fingerprint density at radius 2 is 1.79 bits per heavy atom. The number of unbranched alkanes of at least 4 members (excludes halogenated alkanes) is 1. The van der Waals surface area contributed by atoms with E-state index < -0.39 is 23.7 Å². The highest BCUT2D eigenvalue weighted by Crippen LogP contribution is 2.24. The van der Waals surface area contributed by atoms with E-state index in [1.165, 1.54) is 18.2 Å². The summed E-state index contributed by atoms with van der Waals surface area (Å²) in [5.74, 6) is -2.62. The summed E-state index contributed by atoms with van der Waals surface area (Å²) in [6.07, 6.45) is 1.39. The van der Waals surface area contributed by atoms with E-state index in [-0.39, 0.29) is 12.2 Å². The molecule has 1 aromatic rings. The van der Waals surface area contributed by atoms with E-state index in [9.17, 15) is 18.8 Å². The van der Waals surface area contributed by atoms with Gasteiger partial charge < -0.3 is 0 Å². The highest BCUT2D eigenvalue weighted by Gasteiger charge is 2.45. The molecule has 1 aliphatic rings. The van der Waals surface area contributed by atoms with E-state index in [2.05, 4.69) is 0 Å². The molecule has 0 aliphatic carbocycles. The van der Waals surface area contributed by atoms with Crippen LogP contribution in [0.15, 0.2) is 24.3 Å². The molecule has 0 N–H and O–H groups in total. The molecule has 0 bridgehead atoms. The van der Waals surface area contributed by atoms with Crippen molar-refractivity contribution in [2.75, 3.05) is 11.4 Å². The van der Waals surface area contributed by atoms with Crippen molar-refractivity contribution >= 4 is 23.5 Å². The van der Waals surface area contributed by atoms with Crippen LogP contribution in [-0.2, 0) is 9.59 Å². The first-order chi connectivity index (χ1) is 9.07. The molecule has 1 fully saturated rings. The second kappa shape index (κ2) is 5.17. The third-order valence-electron chi connectivity index (χ3n) is 2.88. The lowest BCUT2D eigenvalue weighted by Gasteiger charge is -2.15. The molecule has 0 saturated carbocycles. The number of carbonyl (C=O) groups is 3. The third-order valence-corrected chi connectivity index (χ3v) is 2.88. The molecule has 100 valence electrons. The number of halogens is 1. The summed E-state index contributed by atoms with van der Waals surface area (Å²) < 4.78 is 13.6. The Balaban J connectivity index is 2.33. The average molecular weight is 264 g/mol. The monoisotopic (exact) mass is 264 g/mol. The van der Waals surface area contributed by atoms with Gasteiger partial charge in [-0.2, -0.15) is 0 Å². The summed E-state index contributed by atoms with van der Waals surface area (Å²) in [6, 6.07) is 4.59. The lowest BCUT2D eigenvalue weighted by molar-refractivity contribution is -0.139. The van der Waals surface area contributed by atoms with E-state index in [0.717, 1.165) is 17.4 Å². The number of imide groups is 2. The van der Waals surface area contributed by atoms with E-state index in [0.29, 0.717) is 11.3 Å². The fourth-order valence-electron chi connectivity index (χ4n) is 1.86. The van der Waals surface area contributed by atoms with Gasteiger partial charge in [0.25, 0.3) is 0 Å². The minimum atomic E-state index is -1.01. The fourth-order valence-corrected chi connectivity index (χ4v) is 1.86.